The molecule has 0 spiro atoms. The molecule has 6 rings (SSSR count). The van der Waals surface area contributed by atoms with Gasteiger partial charge in [0.25, 0.3) is 0 Å². The highest BCUT2D eigenvalue weighted by molar-refractivity contribution is 8.10. The van der Waals surface area contributed by atoms with Crippen LogP contribution >= 0.6 is 75.4 Å². The van der Waals surface area contributed by atoms with Crippen LogP contribution in [0.1, 0.15) is 64.8 Å². The Labute approximate surface area is 410 Å². The van der Waals surface area contributed by atoms with Gasteiger partial charge in [-0.1, -0.05) is 86.3 Å². The Bertz CT molecular complexity index is 2430. The molecule has 4 aromatic rings. The van der Waals surface area contributed by atoms with E-state index in [9.17, 15) is 49.1 Å². The molecule has 2 aliphatic rings. The second-order valence-corrected chi connectivity index (χ2v) is 29.6. The molecule has 376 valence electrons. The van der Waals surface area contributed by atoms with E-state index in [4.69, 9.17) is 76.8 Å². The monoisotopic (exact) mass is 1140 g/mol. The minimum absolute atomic E-state index is 0.0538. The molecule has 0 saturated carbocycles. The molecule has 0 amide bonds. The number of rotatable bonds is 24. The van der Waals surface area contributed by atoms with E-state index in [-0.39, 0.29) is 34.0 Å². The normalized spacial score (nSPS) is 27.3. The Hall–Kier alpha value is -0.820. The minimum Gasteiger partial charge on any atom is -0.387 e. The number of aliphatic hydroxyl groups is 4. The Morgan fingerprint density at radius 1 is 0.687 bits per heavy atom. The molecule has 6 heterocycles. The zero-order chi connectivity index (χ0) is 49.3. The molecule has 12 N–H and O–H groups in total. The molecule has 4 aromatic heterocycles. The number of thioether (sulfide) groups is 2. The van der Waals surface area contributed by atoms with Crippen molar-refractivity contribution in [2.75, 3.05) is 36.2 Å². The van der Waals surface area contributed by atoms with Crippen LogP contribution in [0.25, 0.3) is 22.3 Å². The van der Waals surface area contributed by atoms with Gasteiger partial charge < -0.3 is 70.0 Å². The molecule has 0 aromatic carbocycles. The van der Waals surface area contributed by atoms with Crippen molar-refractivity contribution >= 4 is 133 Å². The van der Waals surface area contributed by atoms with Crippen molar-refractivity contribution in [3.05, 3.63) is 12.7 Å². The van der Waals surface area contributed by atoms with Gasteiger partial charge in [-0.2, -0.15) is 0 Å². The van der Waals surface area contributed by atoms with E-state index >= 15 is 0 Å². The number of halogens is 2. The third-order valence-corrected chi connectivity index (χ3v) is 23.5. The lowest BCUT2D eigenvalue weighted by atomic mass is 10.1. The maximum atomic E-state index is 13.4. The molecule has 4 unspecified atom stereocenters. The molecule has 36 heteroatoms. The van der Waals surface area contributed by atoms with Crippen molar-refractivity contribution in [1.29, 1.82) is 0 Å². The zero-order valence-corrected chi connectivity index (χ0v) is 43.5. The van der Waals surface area contributed by atoms with Gasteiger partial charge in [0.05, 0.1) is 25.9 Å². The molecule has 26 nitrogen and oxygen atoms in total. The second-order valence-electron chi connectivity index (χ2n) is 14.9. The largest absolute Gasteiger partial charge is 0.387 e. The van der Waals surface area contributed by atoms with Crippen molar-refractivity contribution in [2.45, 2.75) is 116 Å². The molecule has 0 bridgehead atoms. The first-order chi connectivity index (χ1) is 31.3. The first kappa shape index (κ1) is 55.5. The van der Waals surface area contributed by atoms with Crippen molar-refractivity contribution in [3.8, 4) is 0 Å². The highest BCUT2D eigenvalue weighted by Crippen LogP contribution is 2.83. The summed E-state index contributed by atoms with van der Waals surface area (Å²) in [6.07, 6.45) is -4.20. The van der Waals surface area contributed by atoms with Crippen molar-refractivity contribution in [2.24, 2.45) is 0 Å². The number of nitrogens with zero attached hydrogens (tertiary/aromatic N) is 8. The number of aromatic nitrogens is 8. The number of ether oxygens (including phenoxy) is 2. The van der Waals surface area contributed by atoms with Gasteiger partial charge in [-0.3, -0.25) is 18.3 Å². The number of imidazole rings is 2. The van der Waals surface area contributed by atoms with Gasteiger partial charge in [0.1, 0.15) is 47.7 Å². The summed E-state index contributed by atoms with van der Waals surface area (Å²) in [6, 6.07) is 0. The number of unbranched alkanes of at least 4 members (excludes halogenated alkanes) is 4. The van der Waals surface area contributed by atoms with E-state index in [0.29, 0.717) is 21.8 Å². The van der Waals surface area contributed by atoms with Crippen molar-refractivity contribution < 1.29 is 76.3 Å². The van der Waals surface area contributed by atoms with Crippen molar-refractivity contribution in [1.82, 2.24) is 39.0 Å². The molecule has 2 fully saturated rings. The fraction of sp³-hybridized carbons (Fsp3) is 0.677. The average Bonchev–Trinajstić information content (AvgIpc) is 4.00. The van der Waals surface area contributed by atoms with E-state index in [1.54, 1.807) is 0 Å². The summed E-state index contributed by atoms with van der Waals surface area (Å²) in [5, 5.41) is 44.2. The Balaban J connectivity index is 1.05. The van der Waals surface area contributed by atoms with Crippen LogP contribution in [0.3, 0.4) is 0 Å². The molecule has 0 aliphatic carbocycles. The Morgan fingerprint density at radius 3 is 1.42 bits per heavy atom. The highest BCUT2D eigenvalue weighted by Gasteiger charge is 2.65. The maximum Gasteiger partial charge on any atom is 0.383 e. The summed E-state index contributed by atoms with van der Waals surface area (Å²) in [5.74, 6) is 1.53. The number of nitrogen functional groups attached to an aromatic ring is 2. The predicted octanol–water partition coefficient (Wildman–Crippen LogP) is 3.59. The molecule has 2 saturated heterocycles. The Morgan fingerprint density at radius 2 is 1.06 bits per heavy atom. The first-order valence-corrected chi connectivity index (χ1v) is 31.1. The average molecular weight is 1140 g/mol. The lowest BCUT2D eigenvalue weighted by Crippen LogP contribution is -2.33. The van der Waals surface area contributed by atoms with E-state index in [1.165, 1.54) is 45.3 Å². The lowest BCUT2D eigenvalue weighted by Gasteiger charge is -2.31. The molecular weight excluding hydrogens is 1090 g/mol. The highest BCUT2D eigenvalue weighted by atomic mass is 35.5. The fourth-order valence-electron chi connectivity index (χ4n) is 6.48. The van der Waals surface area contributed by atoms with Crippen molar-refractivity contribution in [3.63, 3.8) is 0 Å². The van der Waals surface area contributed by atoms with Crippen LogP contribution in [0.5, 0.6) is 0 Å². The number of hydrogen-bond acceptors (Lipinski definition) is 24. The number of hydrogen-bond donors (Lipinski definition) is 10. The summed E-state index contributed by atoms with van der Waals surface area (Å²) < 4.78 is 56.4. The van der Waals surface area contributed by atoms with Crippen LogP contribution in [0.4, 0.5) is 11.6 Å². The van der Waals surface area contributed by atoms with Crippen LogP contribution in [0.2, 0.25) is 0 Å². The maximum absolute atomic E-state index is 13.4. The van der Waals surface area contributed by atoms with Crippen LogP contribution in [0.15, 0.2) is 23.0 Å². The van der Waals surface area contributed by atoms with Crippen LogP contribution < -0.4 is 11.5 Å². The summed E-state index contributed by atoms with van der Waals surface area (Å²) in [7, 11) is -12.2. The van der Waals surface area contributed by atoms with Crippen LogP contribution in [-0.4, -0.2) is 144 Å². The SMILES string of the molecule is CCCCCSc1nc(N)c2ncn([C@@H]3O[C@H](COP(O)(=S)OP(=O)(O)C(Cl)(Cl)P(=O)(O)OP(O)(=S)OC[C@H]4O[C@@H](n5cnc6c(N)nc(SCCCCC)nc65)[C@H](O)[C@@H]4O)[C@@H](O)[C@H]3O)c2n1. The molecule has 12 atom stereocenters. The molecular formula is C31H48Cl2N10O16P4S4. The number of nitrogens with two attached hydrogens (primary N) is 2. The van der Waals surface area contributed by atoms with Gasteiger partial charge in [-0.05, 0) is 36.5 Å². The minimum atomic E-state index is -6.10. The number of alkyl halides is 2. The summed E-state index contributed by atoms with van der Waals surface area (Å²) in [4.78, 5) is 68.8. The molecule has 67 heavy (non-hydrogen) atoms. The smallest absolute Gasteiger partial charge is 0.383 e. The van der Waals surface area contributed by atoms with Gasteiger partial charge in [0.2, 0.25) is 0 Å². The van der Waals surface area contributed by atoms with E-state index < -0.39 is 94.7 Å². The second kappa shape index (κ2) is 22.5. The predicted molar refractivity (Wildman–Crippen MR) is 253 cm³/mol. The quantitative estimate of drug-likeness (QED) is 0.0157. The van der Waals surface area contributed by atoms with E-state index in [0.717, 1.165) is 38.5 Å². The van der Waals surface area contributed by atoms with Gasteiger partial charge >= 0.3 is 32.4 Å². The zero-order valence-electron chi connectivity index (χ0n) is 35.1. The van der Waals surface area contributed by atoms with Gasteiger partial charge in [0.15, 0.2) is 45.7 Å². The van der Waals surface area contributed by atoms with Gasteiger partial charge in [-0.15, -0.1) is 0 Å². The summed E-state index contributed by atoms with van der Waals surface area (Å²) in [5.41, 5.74) is 12.9. The molecule has 2 aliphatic heterocycles. The van der Waals surface area contributed by atoms with E-state index in [2.05, 4.69) is 52.4 Å². The van der Waals surface area contributed by atoms with Crippen LogP contribution in [-0.2, 0) is 59.9 Å². The lowest BCUT2D eigenvalue weighted by molar-refractivity contribution is -0.0486. The van der Waals surface area contributed by atoms with E-state index in [1.807, 2.05) is 0 Å². The molecule has 0 radical (unpaired) electrons. The van der Waals surface area contributed by atoms with Gasteiger partial charge in [0, 0.05) is 11.5 Å². The first-order valence-electron chi connectivity index (χ1n) is 20.0. The summed E-state index contributed by atoms with van der Waals surface area (Å²) >= 11 is 24.1. The number of aliphatic hydroxyl groups excluding tert-OH is 4. The standard InChI is InChI=1S/C31H48Cl2N10O16P4S4/c1-3-5-7-9-66-29-38-23(34)17-25(40-29)42(13-36-17)27-21(46)19(44)15(56-27)11-54-62(52,64)58-60(48,49)31(32,33)61(50,51)59-63(53,65)55-12-16-20(45)22(47)28(57-16)43-14-37-18-24(35)39-30(41-26(18)43)67-10-8-6-4-2/h13-16,19-22,27-28,44-47H,3-12H2,1-2H3,(H,48,49)(H,50,51)(H,52,64)(H,53,65)(H2,34,38,40)(H2,35,39,41)/t15-,16-,19-,20-,21-,22-,27-,28-,62?,63?/m1/s1. The third-order valence-electron chi connectivity index (χ3n) is 9.95. The third kappa shape index (κ3) is 12.7. The fourth-order valence-corrected chi connectivity index (χ4v) is 17.3. The van der Waals surface area contributed by atoms with Gasteiger partial charge in [-0.25, -0.2) is 38.5 Å². The number of anilines is 2. The number of fused-ring (bicyclic) bond motifs is 2. The topological polar surface area (TPSA) is 391 Å². The Kier molecular flexibility index (Phi) is 18.7. The van der Waals surface area contributed by atoms with Crippen LogP contribution in [0, 0.1) is 0 Å². The summed E-state index contributed by atoms with van der Waals surface area (Å²) in [6.45, 7) is -7.79.